The topological polar surface area (TPSA) is 71.7 Å². The molecule has 62 heavy (non-hydrogen) atoms. The van der Waals surface area contributed by atoms with Crippen LogP contribution in [0, 0.1) is 11.3 Å². The van der Waals surface area contributed by atoms with Crippen LogP contribution in [-0.2, 0) is 5.41 Å². The molecule has 2 aliphatic rings. The molecule has 1 aliphatic carbocycles. The number of fused-ring (bicyclic) bond motifs is 10. The lowest BCUT2D eigenvalue weighted by Crippen LogP contribution is -2.32. The highest BCUT2D eigenvalue weighted by Gasteiger charge is 2.51. The first-order valence-corrected chi connectivity index (χ1v) is 20.7. The molecule has 0 bridgehead atoms. The summed E-state index contributed by atoms with van der Waals surface area (Å²) in [6.45, 7) is 0. The zero-order valence-electron chi connectivity index (χ0n) is 33.3. The lowest BCUT2D eigenvalue weighted by molar-refractivity contribution is 0.436. The van der Waals surface area contributed by atoms with Gasteiger partial charge in [0.25, 0.3) is 0 Å². The van der Waals surface area contributed by atoms with Gasteiger partial charge in [-0.15, -0.1) is 0 Å². The Bertz CT molecular complexity index is 3340. The summed E-state index contributed by atoms with van der Waals surface area (Å²) >= 11 is 0. The molecule has 1 spiro atoms. The van der Waals surface area contributed by atoms with Gasteiger partial charge in [-0.05, 0) is 97.7 Å². The highest BCUT2D eigenvalue weighted by molar-refractivity contribution is 6.05. The van der Waals surface area contributed by atoms with Crippen LogP contribution in [-0.4, -0.2) is 15.0 Å². The molecule has 288 valence electrons. The van der Waals surface area contributed by atoms with E-state index in [0.717, 1.165) is 72.3 Å². The number of rotatable bonds is 5. The fourth-order valence-corrected chi connectivity index (χ4v) is 9.67. The van der Waals surface area contributed by atoms with Crippen molar-refractivity contribution in [3.05, 3.63) is 234 Å². The Balaban J connectivity index is 1.09. The molecule has 1 aliphatic heterocycles. The Morgan fingerprint density at radius 2 is 0.790 bits per heavy atom. The van der Waals surface area contributed by atoms with Gasteiger partial charge < -0.3 is 4.74 Å². The van der Waals surface area contributed by atoms with Gasteiger partial charge in [-0.2, -0.15) is 5.26 Å². The third-order valence-electron chi connectivity index (χ3n) is 12.5. The Morgan fingerprint density at radius 1 is 0.355 bits per heavy atom. The highest BCUT2D eigenvalue weighted by atomic mass is 16.5. The van der Waals surface area contributed by atoms with Crippen molar-refractivity contribution in [1.82, 2.24) is 15.0 Å². The lowest BCUT2D eigenvalue weighted by Gasteiger charge is -2.40. The van der Waals surface area contributed by atoms with Crippen molar-refractivity contribution in [3.8, 4) is 85.1 Å². The monoisotopic (exact) mass is 790 g/mol. The fourth-order valence-electron chi connectivity index (χ4n) is 9.67. The third kappa shape index (κ3) is 5.44. The molecule has 0 radical (unpaired) electrons. The number of hydrogen-bond donors (Lipinski definition) is 0. The zero-order chi connectivity index (χ0) is 41.2. The number of aromatic nitrogens is 3. The van der Waals surface area contributed by atoms with E-state index in [9.17, 15) is 5.26 Å². The van der Waals surface area contributed by atoms with Crippen molar-refractivity contribution >= 4 is 10.8 Å². The van der Waals surface area contributed by atoms with Gasteiger partial charge >= 0.3 is 0 Å². The number of nitrogens with zero attached hydrogens (tertiary/aromatic N) is 4. The Labute approximate surface area is 358 Å². The van der Waals surface area contributed by atoms with Crippen molar-refractivity contribution < 1.29 is 4.74 Å². The predicted molar refractivity (Wildman–Crippen MR) is 247 cm³/mol. The highest BCUT2D eigenvalue weighted by Crippen LogP contribution is 2.62. The van der Waals surface area contributed by atoms with Crippen LogP contribution in [0.15, 0.2) is 206 Å². The average molecular weight is 791 g/mol. The summed E-state index contributed by atoms with van der Waals surface area (Å²) in [5.74, 6) is 3.42. The van der Waals surface area contributed by atoms with Gasteiger partial charge in [0.15, 0.2) is 17.5 Å². The molecule has 0 saturated carbocycles. The number of hydrogen-bond acceptors (Lipinski definition) is 5. The van der Waals surface area contributed by atoms with Crippen LogP contribution in [0.2, 0.25) is 0 Å². The van der Waals surface area contributed by atoms with Crippen molar-refractivity contribution in [1.29, 1.82) is 5.26 Å². The van der Waals surface area contributed by atoms with Crippen LogP contribution in [0.4, 0.5) is 0 Å². The second-order valence-corrected chi connectivity index (χ2v) is 15.8. The molecule has 12 rings (SSSR count). The fraction of sp³-hybridized carbons (Fsp3) is 0.0175. The van der Waals surface area contributed by atoms with E-state index >= 15 is 0 Å². The molecule has 1 aromatic heterocycles. The molecule has 5 nitrogen and oxygen atoms in total. The largest absolute Gasteiger partial charge is 0.457 e. The molecule has 10 aromatic rings. The van der Waals surface area contributed by atoms with Crippen molar-refractivity contribution in [2.24, 2.45) is 0 Å². The Kier molecular flexibility index (Phi) is 8.06. The Hall–Kier alpha value is -8.46. The molecule has 2 heterocycles. The average Bonchev–Trinajstić information content (AvgIpc) is 3.64. The van der Waals surface area contributed by atoms with Crippen LogP contribution in [0.5, 0.6) is 11.5 Å². The summed E-state index contributed by atoms with van der Waals surface area (Å²) in [6, 6.07) is 73.9. The minimum Gasteiger partial charge on any atom is -0.457 e. The first-order valence-electron chi connectivity index (χ1n) is 20.7. The molecule has 0 N–H and O–H groups in total. The maximum Gasteiger partial charge on any atom is 0.164 e. The van der Waals surface area contributed by atoms with Crippen LogP contribution in [0.1, 0.15) is 27.8 Å². The molecular weight excluding hydrogens is 757 g/mol. The van der Waals surface area contributed by atoms with Gasteiger partial charge in [-0.25, -0.2) is 15.0 Å². The second-order valence-electron chi connectivity index (χ2n) is 15.8. The van der Waals surface area contributed by atoms with Crippen molar-refractivity contribution in [2.45, 2.75) is 5.41 Å². The number of benzene rings is 9. The molecule has 0 unspecified atom stereocenters. The van der Waals surface area contributed by atoms with Gasteiger partial charge in [0.05, 0.1) is 17.0 Å². The van der Waals surface area contributed by atoms with E-state index in [4.69, 9.17) is 19.7 Å². The molecule has 0 amide bonds. The lowest BCUT2D eigenvalue weighted by atomic mass is 9.65. The number of ether oxygens (including phenoxy) is 1. The van der Waals surface area contributed by atoms with E-state index in [1.165, 1.54) is 22.3 Å². The molecule has 9 aromatic carbocycles. The van der Waals surface area contributed by atoms with E-state index in [0.29, 0.717) is 23.0 Å². The molecule has 5 heteroatoms. The second kappa shape index (κ2) is 14.1. The van der Waals surface area contributed by atoms with E-state index < -0.39 is 5.41 Å². The maximum atomic E-state index is 9.45. The third-order valence-corrected chi connectivity index (χ3v) is 12.5. The minimum absolute atomic E-state index is 0.587. The summed E-state index contributed by atoms with van der Waals surface area (Å²) in [4.78, 5) is 15.3. The normalized spacial score (nSPS) is 12.8. The van der Waals surface area contributed by atoms with E-state index in [1.807, 2.05) is 84.9 Å². The van der Waals surface area contributed by atoms with Crippen LogP contribution >= 0.6 is 0 Å². The molecular formula is C57H34N4O. The van der Waals surface area contributed by atoms with E-state index in [1.54, 1.807) is 0 Å². The molecule has 0 fully saturated rings. The standard InChI is InChI=1S/C57H34N4O/c58-35-36-23-25-37(26-24-36)42-29-30-43(45-18-8-7-17-44(42)45)40-27-31-52-50(33-40)57(48-21-11-9-19-46(48)47-20-10-12-22-49(47)57)51-34-41(28-32-53(51)62-52)56-60-54(38-13-3-1-4-14-38)59-55(61-56)39-15-5-2-6-16-39/h1-34H. The first kappa shape index (κ1) is 35.5. The van der Waals surface area contributed by atoms with Gasteiger partial charge in [-0.1, -0.05) is 164 Å². The van der Waals surface area contributed by atoms with E-state index in [-0.39, 0.29) is 0 Å². The van der Waals surface area contributed by atoms with Crippen molar-refractivity contribution in [3.63, 3.8) is 0 Å². The summed E-state index contributed by atoms with van der Waals surface area (Å²) in [7, 11) is 0. The SMILES string of the molecule is N#Cc1ccc(-c2ccc(-c3ccc4c(c3)C3(c5cc(-c6nc(-c7ccccc7)nc(-c7ccccc7)n6)ccc5O4)c4ccccc4-c4ccccc43)c3ccccc23)cc1. The van der Waals surface area contributed by atoms with Gasteiger partial charge in [-0.3, -0.25) is 0 Å². The van der Waals surface area contributed by atoms with Gasteiger partial charge in [0.1, 0.15) is 11.5 Å². The minimum atomic E-state index is -0.724. The molecule has 0 saturated heterocycles. The molecule has 0 atom stereocenters. The smallest absolute Gasteiger partial charge is 0.164 e. The predicted octanol–water partition coefficient (Wildman–Crippen LogP) is 13.7. The quantitative estimate of drug-likeness (QED) is 0.174. The number of nitriles is 1. The van der Waals surface area contributed by atoms with Crippen LogP contribution < -0.4 is 4.74 Å². The zero-order valence-corrected chi connectivity index (χ0v) is 33.3. The summed E-state index contributed by atoms with van der Waals surface area (Å²) in [5.41, 5.74) is 13.9. The Morgan fingerprint density at radius 3 is 1.34 bits per heavy atom. The van der Waals surface area contributed by atoms with Crippen molar-refractivity contribution in [2.75, 3.05) is 0 Å². The summed E-state index contributed by atoms with van der Waals surface area (Å²) in [6.07, 6.45) is 0. The maximum absolute atomic E-state index is 9.45. The van der Waals surface area contributed by atoms with E-state index in [2.05, 4.69) is 127 Å². The van der Waals surface area contributed by atoms with Gasteiger partial charge in [0.2, 0.25) is 0 Å². The summed E-state index contributed by atoms with van der Waals surface area (Å²) < 4.78 is 6.97. The first-order chi connectivity index (χ1) is 30.7. The summed E-state index contributed by atoms with van der Waals surface area (Å²) in [5, 5.41) is 11.7. The van der Waals surface area contributed by atoms with Gasteiger partial charge in [0, 0.05) is 27.8 Å². The van der Waals surface area contributed by atoms with Crippen LogP contribution in [0.3, 0.4) is 0 Å². The van der Waals surface area contributed by atoms with Crippen LogP contribution in [0.25, 0.3) is 78.3 Å².